The molecule has 1 heterocycles. The highest BCUT2D eigenvalue weighted by molar-refractivity contribution is 5.68. The van der Waals surface area contributed by atoms with Crippen molar-refractivity contribution in [2.24, 2.45) is 17.8 Å². The smallest absolute Gasteiger partial charge is 0.410 e. The summed E-state index contributed by atoms with van der Waals surface area (Å²) in [5.41, 5.74) is 1.05. The van der Waals surface area contributed by atoms with Crippen molar-refractivity contribution in [2.45, 2.75) is 26.4 Å². The molecule has 3 heteroatoms. The molecule has 3 rings (SSSR count). The third-order valence-corrected chi connectivity index (χ3v) is 4.68. The molecule has 3 nitrogen and oxygen atoms in total. The maximum absolute atomic E-state index is 12.1. The summed E-state index contributed by atoms with van der Waals surface area (Å²) in [7, 11) is 0. The first-order chi connectivity index (χ1) is 9.24. The van der Waals surface area contributed by atoms with Gasteiger partial charge in [0, 0.05) is 13.1 Å². The molecule has 1 saturated heterocycles. The molecule has 0 radical (unpaired) electrons. The van der Waals surface area contributed by atoms with Crippen LogP contribution in [0.5, 0.6) is 0 Å². The van der Waals surface area contributed by atoms with E-state index < -0.39 is 0 Å². The molecule has 0 N–H and O–H groups in total. The van der Waals surface area contributed by atoms with Gasteiger partial charge in [0.15, 0.2) is 0 Å². The van der Waals surface area contributed by atoms with Crippen LogP contribution in [0.3, 0.4) is 0 Å². The van der Waals surface area contributed by atoms with Gasteiger partial charge in [0.25, 0.3) is 0 Å². The lowest BCUT2D eigenvalue weighted by atomic mass is 9.94. The Morgan fingerprint density at radius 2 is 2.05 bits per heavy atom. The molecule has 2 aliphatic rings. The van der Waals surface area contributed by atoms with E-state index in [1.807, 2.05) is 35.2 Å². The standard InChI is InChI=1S/C16H21NO2/c1-12-7-8-14-9-17(10-15(12)14)16(18)19-11-13-5-3-2-4-6-13/h2-6,12,14-15H,7-11H2,1H3/t12-,14?,15?/m0/s1. The van der Waals surface area contributed by atoms with Crippen LogP contribution < -0.4 is 0 Å². The Morgan fingerprint density at radius 3 is 2.79 bits per heavy atom. The fourth-order valence-electron chi connectivity index (χ4n) is 3.50. The van der Waals surface area contributed by atoms with Crippen LogP contribution in [0.4, 0.5) is 4.79 Å². The molecule has 1 aromatic rings. The summed E-state index contributed by atoms with van der Waals surface area (Å²) < 4.78 is 5.40. The van der Waals surface area contributed by atoms with Crippen molar-refractivity contribution in [3.63, 3.8) is 0 Å². The Kier molecular flexibility index (Phi) is 3.45. The Bertz CT molecular complexity index is 445. The maximum Gasteiger partial charge on any atom is 0.410 e. The molecule has 0 bridgehead atoms. The fourth-order valence-corrected chi connectivity index (χ4v) is 3.50. The number of benzene rings is 1. The lowest BCUT2D eigenvalue weighted by Gasteiger charge is -2.18. The second kappa shape index (κ2) is 5.24. The van der Waals surface area contributed by atoms with E-state index in [0.29, 0.717) is 18.4 Å². The number of rotatable bonds is 2. The molecule has 3 atom stereocenters. The molecular weight excluding hydrogens is 238 g/mol. The third-order valence-electron chi connectivity index (χ3n) is 4.68. The Balaban J connectivity index is 1.52. The molecule has 1 aromatic carbocycles. The van der Waals surface area contributed by atoms with E-state index in [2.05, 4.69) is 6.92 Å². The summed E-state index contributed by atoms with van der Waals surface area (Å²) in [6.45, 7) is 4.46. The number of hydrogen-bond acceptors (Lipinski definition) is 2. The van der Waals surface area contributed by atoms with Crippen LogP contribution in [-0.2, 0) is 11.3 Å². The molecule has 1 amide bonds. The highest BCUT2D eigenvalue weighted by Crippen LogP contribution is 2.41. The molecule has 1 aliphatic carbocycles. The highest BCUT2D eigenvalue weighted by Gasteiger charge is 2.42. The summed E-state index contributed by atoms with van der Waals surface area (Å²) in [4.78, 5) is 14.0. The molecule has 0 spiro atoms. The molecule has 102 valence electrons. The van der Waals surface area contributed by atoms with Crippen LogP contribution in [0.1, 0.15) is 25.3 Å². The zero-order valence-electron chi connectivity index (χ0n) is 11.4. The van der Waals surface area contributed by atoms with Gasteiger partial charge in [0.1, 0.15) is 6.61 Å². The first-order valence-electron chi connectivity index (χ1n) is 7.19. The van der Waals surface area contributed by atoms with E-state index in [1.54, 1.807) is 0 Å². The van der Waals surface area contributed by atoms with Crippen molar-refractivity contribution in [3.05, 3.63) is 35.9 Å². The summed E-state index contributed by atoms with van der Waals surface area (Å²) in [5.74, 6) is 2.17. The third kappa shape index (κ3) is 2.60. The van der Waals surface area contributed by atoms with Crippen LogP contribution in [-0.4, -0.2) is 24.1 Å². The second-order valence-electron chi connectivity index (χ2n) is 5.92. The van der Waals surface area contributed by atoms with Crippen molar-refractivity contribution in [3.8, 4) is 0 Å². The number of likely N-dealkylation sites (tertiary alicyclic amines) is 1. The number of amides is 1. The first-order valence-corrected chi connectivity index (χ1v) is 7.19. The summed E-state index contributed by atoms with van der Waals surface area (Å²) in [6, 6.07) is 9.85. The van der Waals surface area contributed by atoms with Crippen LogP contribution in [0, 0.1) is 17.8 Å². The van der Waals surface area contributed by atoms with Crippen LogP contribution >= 0.6 is 0 Å². The van der Waals surface area contributed by atoms with Crippen molar-refractivity contribution < 1.29 is 9.53 Å². The van der Waals surface area contributed by atoms with Gasteiger partial charge in [-0.05, 0) is 29.7 Å². The number of ether oxygens (including phenoxy) is 1. The zero-order valence-corrected chi connectivity index (χ0v) is 11.4. The maximum atomic E-state index is 12.1. The minimum Gasteiger partial charge on any atom is -0.445 e. The zero-order chi connectivity index (χ0) is 13.2. The molecule has 2 unspecified atom stereocenters. The van der Waals surface area contributed by atoms with Gasteiger partial charge in [0.2, 0.25) is 0 Å². The fraction of sp³-hybridized carbons (Fsp3) is 0.562. The van der Waals surface area contributed by atoms with Crippen LogP contribution in [0.25, 0.3) is 0 Å². The summed E-state index contributed by atoms with van der Waals surface area (Å²) >= 11 is 0. The van der Waals surface area contributed by atoms with Gasteiger partial charge < -0.3 is 9.64 Å². The summed E-state index contributed by atoms with van der Waals surface area (Å²) in [6.07, 6.45) is 2.45. The predicted molar refractivity (Wildman–Crippen MR) is 73.6 cm³/mol. The van der Waals surface area contributed by atoms with E-state index in [4.69, 9.17) is 4.74 Å². The number of hydrogen-bond donors (Lipinski definition) is 0. The minimum absolute atomic E-state index is 0.148. The molecule has 19 heavy (non-hydrogen) atoms. The van der Waals surface area contributed by atoms with Crippen LogP contribution in [0.15, 0.2) is 30.3 Å². The van der Waals surface area contributed by atoms with Gasteiger partial charge in [-0.25, -0.2) is 4.79 Å². The topological polar surface area (TPSA) is 29.5 Å². The Labute approximate surface area is 114 Å². The predicted octanol–water partition coefficient (Wildman–Crippen LogP) is 3.30. The largest absolute Gasteiger partial charge is 0.445 e. The van der Waals surface area contributed by atoms with E-state index in [-0.39, 0.29) is 6.09 Å². The van der Waals surface area contributed by atoms with Gasteiger partial charge in [-0.1, -0.05) is 43.7 Å². The Morgan fingerprint density at radius 1 is 1.26 bits per heavy atom. The molecule has 2 fully saturated rings. The summed E-state index contributed by atoms with van der Waals surface area (Å²) in [5, 5.41) is 0. The highest BCUT2D eigenvalue weighted by atomic mass is 16.6. The van der Waals surface area contributed by atoms with Crippen molar-refractivity contribution >= 4 is 6.09 Å². The van der Waals surface area contributed by atoms with Gasteiger partial charge in [0.05, 0.1) is 0 Å². The van der Waals surface area contributed by atoms with Crippen molar-refractivity contribution in [1.29, 1.82) is 0 Å². The molecule has 0 aromatic heterocycles. The van der Waals surface area contributed by atoms with Gasteiger partial charge in [-0.2, -0.15) is 0 Å². The normalized spacial score (nSPS) is 29.3. The monoisotopic (exact) mass is 259 g/mol. The van der Waals surface area contributed by atoms with E-state index in [1.165, 1.54) is 12.8 Å². The minimum atomic E-state index is -0.148. The van der Waals surface area contributed by atoms with Gasteiger partial charge in [-0.3, -0.25) is 0 Å². The number of carbonyl (C=O) groups is 1. The van der Waals surface area contributed by atoms with E-state index in [0.717, 1.165) is 24.6 Å². The average molecular weight is 259 g/mol. The average Bonchev–Trinajstić information content (AvgIpc) is 3.00. The molecule has 1 saturated carbocycles. The quantitative estimate of drug-likeness (QED) is 0.815. The number of carbonyl (C=O) groups excluding carboxylic acids is 1. The van der Waals surface area contributed by atoms with Crippen molar-refractivity contribution in [1.82, 2.24) is 4.90 Å². The Hall–Kier alpha value is -1.51. The van der Waals surface area contributed by atoms with E-state index >= 15 is 0 Å². The van der Waals surface area contributed by atoms with Crippen molar-refractivity contribution in [2.75, 3.05) is 13.1 Å². The lowest BCUT2D eigenvalue weighted by Crippen LogP contribution is -2.30. The van der Waals surface area contributed by atoms with Gasteiger partial charge >= 0.3 is 6.09 Å². The van der Waals surface area contributed by atoms with Gasteiger partial charge in [-0.15, -0.1) is 0 Å². The second-order valence-corrected chi connectivity index (χ2v) is 5.92. The SMILES string of the molecule is C[C@H]1CCC2CN(C(=O)OCc3ccccc3)CC21. The number of nitrogens with zero attached hydrogens (tertiary/aromatic N) is 1. The molecular formula is C16H21NO2. The molecule has 1 aliphatic heterocycles. The first kappa shape index (κ1) is 12.5. The van der Waals surface area contributed by atoms with E-state index in [9.17, 15) is 4.79 Å². The van der Waals surface area contributed by atoms with Crippen LogP contribution in [0.2, 0.25) is 0 Å². The lowest BCUT2D eigenvalue weighted by molar-refractivity contribution is 0.101. The number of fused-ring (bicyclic) bond motifs is 1.